The summed E-state index contributed by atoms with van der Waals surface area (Å²) in [4.78, 5) is 18.2. The summed E-state index contributed by atoms with van der Waals surface area (Å²) in [6.07, 6.45) is 2.81. The average Bonchev–Trinajstić information content (AvgIpc) is 2.53. The van der Waals surface area contributed by atoms with E-state index in [4.69, 9.17) is 4.74 Å². The van der Waals surface area contributed by atoms with Crippen molar-refractivity contribution in [1.29, 1.82) is 0 Å². The number of ether oxygens (including phenoxy) is 1. The van der Waals surface area contributed by atoms with Crippen molar-refractivity contribution in [3.63, 3.8) is 0 Å². The molecule has 1 heterocycles. The highest BCUT2D eigenvalue weighted by Crippen LogP contribution is 2.55. The molecule has 2 saturated carbocycles. The van der Waals surface area contributed by atoms with Crippen molar-refractivity contribution in [2.24, 2.45) is 5.41 Å². The molecule has 156 valence electrons. The predicted molar refractivity (Wildman–Crippen MR) is 98.1 cm³/mol. The van der Waals surface area contributed by atoms with Crippen molar-refractivity contribution in [2.75, 3.05) is 27.2 Å². The third-order valence-electron chi connectivity index (χ3n) is 5.51. The fourth-order valence-electron chi connectivity index (χ4n) is 4.03. The summed E-state index contributed by atoms with van der Waals surface area (Å²) in [5.74, 6) is -0.119. The number of rotatable bonds is 7. The number of hydrogen-bond acceptors (Lipinski definition) is 4. The second-order valence-electron chi connectivity index (χ2n) is 8.22. The molecule has 0 aromatic carbocycles. The Hall–Kier alpha value is -2.03. The van der Waals surface area contributed by atoms with Gasteiger partial charge in [0.1, 0.15) is 0 Å². The summed E-state index contributed by atoms with van der Waals surface area (Å²) in [5, 5.41) is 5.94. The number of amides is 2. The van der Waals surface area contributed by atoms with Crippen LogP contribution in [0, 0.1) is 5.41 Å². The highest BCUT2D eigenvalue weighted by molar-refractivity contribution is 5.75. The number of halogens is 3. The van der Waals surface area contributed by atoms with E-state index in [2.05, 4.69) is 15.6 Å². The number of urea groups is 1. The van der Waals surface area contributed by atoms with Gasteiger partial charge < -0.3 is 20.3 Å². The summed E-state index contributed by atoms with van der Waals surface area (Å²) in [6, 6.07) is 2.64. The van der Waals surface area contributed by atoms with Crippen LogP contribution >= 0.6 is 0 Å². The number of carbonyl (C=O) groups is 1. The second kappa shape index (κ2) is 8.14. The van der Waals surface area contributed by atoms with E-state index in [1.165, 1.54) is 31.5 Å². The molecule has 1 atom stereocenters. The van der Waals surface area contributed by atoms with Crippen LogP contribution in [0.3, 0.4) is 0 Å². The molecule has 2 aliphatic carbocycles. The number of likely N-dealkylation sites (N-methyl/N-ethyl adjacent to an activating group) is 1. The van der Waals surface area contributed by atoms with E-state index in [-0.39, 0.29) is 18.0 Å². The van der Waals surface area contributed by atoms with E-state index in [1.54, 1.807) is 6.07 Å². The molecule has 1 spiro atoms. The average molecular weight is 400 g/mol. The smallest absolute Gasteiger partial charge is 0.422 e. The first-order valence-corrected chi connectivity index (χ1v) is 9.51. The van der Waals surface area contributed by atoms with Gasteiger partial charge in [0.05, 0.1) is 6.04 Å². The van der Waals surface area contributed by atoms with Crippen molar-refractivity contribution in [1.82, 2.24) is 20.5 Å². The van der Waals surface area contributed by atoms with E-state index in [9.17, 15) is 18.0 Å². The fraction of sp³-hybridized carbons (Fsp3) is 0.684. The molecule has 2 aliphatic rings. The van der Waals surface area contributed by atoms with Gasteiger partial charge in [-0.1, -0.05) is 6.42 Å². The zero-order valence-corrected chi connectivity index (χ0v) is 16.2. The van der Waals surface area contributed by atoms with E-state index in [0.717, 1.165) is 12.8 Å². The zero-order valence-electron chi connectivity index (χ0n) is 16.2. The molecule has 2 N–H and O–H groups in total. The van der Waals surface area contributed by atoms with Gasteiger partial charge in [0.15, 0.2) is 6.61 Å². The van der Waals surface area contributed by atoms with Gasteiger partial charge in [-0.25, -0.2) is 9.78 Å². The molecule has 6 nitrogen and oxygen atoms in total. The minimum atomic E-state index is -4.43. The van der Waals surface area contributed by atoms with Crippen LogP contribution in [0.1, 0.15) is 43.7 Å². The van der Waals surface area contributed by atoms with Gasteiger partial charge in [-0.15, -0.1) is 0 Å². The SMILES string of the molecule is CN(C)CC(NC(=O)NC1CC2(CCC2)C1)c1ccnc(OCC(F)(F)F)c1. The third-order valence-corrected chi connectivity index (χ3v) is 5.51. The molecular formula is C19H27F3N4O2. The molecular weight excluding hydrogens is 373 g/mol. The van der Waals surface area contributed by atoms with Crippen LogP contribution in [-0.2, 0) is 0 Å². The summed E-state index contributed by atoms with van der Waals surface area (Å²) in [6.45, 7) is -0.913. The van der Waals surface area contributed by atoms with Crippen molar-refractivity contribution >= 4 is 6.03 Å². The summed E-state index contributed by atoms with van der Waals surface area (Å²) < 4.78 is 41.8. The molecule has 1 aromatic heterocycles. The number of hydrogen-bond donors (Lipinski definition) is 2. The van der Waals surface area contributed by atoms with Crippen molar-refractivity contribution < 1.29 is 22.7 Å². The number of aromatic nitrogens is 1. The highest BCUT2D eigenvalue weighted by atomic mass is 19.4. The van der Waals surface area contributed by atoms with Crippen molar-refractivity contribution in [3.8, 4) is 5.88 Å². The number of alkyl halides is 3. The highest BCUT2D eigenvalue weighted by Gasteiger charge is 2.48. The third kappa shape index (κ3) is 5.50. The Kier molecular flexibility index (Phi) is 6.02. The molecule has 3 rings (SSSR count). The van der Waals surface area contributed by atoms with E-state index >= 15 is 0 Å². The van der Waals surface area contributed by atoms with Crippen molar-refractivity contribution in [3.05, 3.63) is 23.9 Å². The first-order chi connectivity index (χ1) is 13.1. The maximum absolute atomic E-state index is 12.4. The summed E-state index contributed by atoms with van der Waals surface area (Å²) in [7, 11) is 3.72. The lowest BCUT2D eigenvalue weighted by molar-refractivity contribution is -0.154. The van der Waals surface area contributed by atoms with E-state index in [0.29, 0.717) is 17.5 Å². The molecule has 0 aliphatic heterocycles. The Morgan fingerprint density at radius 3 is 2.68 bits per heavy atom. The van der Waals surface area contributed by atoms with Crippen LogP contribution in [0.5, 0.6) is 5.88 Å². The Morgan fingerprint density at radius 2 is 2.11 bits per heavy atom. The zero-order chi connectivity index (χ0) is 20.4. The molecule has 1 unspecified atom stereocenters. The van der Waals surface area contributed by atoms with Gasteiger partial charge in [-0.3, -0.25) is 0 Å². The van der Waals surface area contributed by atoms with Crippen LogP contribution in [0.2, 0.25) is 0 Å². The molecule has 0 radical (unpaired) electrons. The van der Waals surface area contributed by atoms with Gasteiger partial charge in [-0.05, 0) is 56.8 Å². The lowest BCUT2D eigenvalue weighted by Gasteiger charge is -2.54. The number of nitrogens with one attached hydrogen (secondary N) is 2. The van der Waals surface area contributed by atoms with Gasteiger partial charge in [0, 0.05) is 24.8 Å². The van der Waals surface area contributed by atoms with E-state index in [1.807, 2.05) is 19.0 Å². The maximum atomic E-state index is 12.4. The quantitative estimate of drug-likeness (QED) is 0.737. The predicted octanol–water partition coefficient (Wildman–Crippen LogP) is 3.26. The van der Waals surface area contributed by atoms with Crippen LogP contribution in [-0.4, -0.2) is 55.4 Å². The standard InChI is InChI=1S/C19H27F3N4O2/c1-26(2)11-15(13-4-7-23-16(8-13)28-12-19(20,21)22)25-17(27)24-14-9-18(10-14)5-3-6-18/h4,7-8,14-15H,3,5-6,9-12H2,1-2H3,(H2,24,25,27). The molecule has 9 heteroatoms. The van der Waals surface area contributed by atoms with Gasteiger partial charge >= 0.3 is 12.2 Å². The molecule has 2 fully saturated rings. The Balaban J connectivity index is 1.58. The van der Waals surface area contributed by atoms with Crippen LogP contribution in [0.15, 0.2) is 18.3 Å². The summed E-state index contributed by atoms with van der Waals surface area (Å²) in [5.41, 5.74) is 1.11. The number of carbonyl (C=O) groups excluding carboxylic acids is 1. The van der Waals surface area contributed by atoms with Crippen LogP contribution in [0.4, 0.5) is 18.0 Å². The number of nitrogens with zero attached hydrogens (tertiary/aromatic N) is 2. The van der Waals surface area contributed by atoms with Gasteiger partial charge in [0.25, 0.3) is 0 Å². The van der Waals surface area contributed by atoms with Crippen molar-refractivity contribution in [2.45, 2.75) is 50.4 Å². The first kappa shape index (κ1) is 20.7. The topological polar surface area (TPSA) is 66.5 Å². The Bertz CT molecular complexity index is 684. The number of pyridine rings is 1. The molecule has 0 bridgehead atoms. The minimum absolute atomic E-state index is 0.119. The lowest BCUT2D eigenvalue weighted by Crippen LogP contribution is -2.56. The largest absolute Gasteiger partial charge is 0.468 e. The fourth-order valence-corrected chi connectivity index (χ4v) is 4.03. The minimum Gasteiger partial charge on any atom is -0.468 e. The normalized spacial score (nSPS) is 19.6. The maximum Gasteiger partial charge on any atom is 0.422 e. The van der Waals surface area contributed by atoms with E-state index < -0.39 is 18.8 Å². The van der Waals surface area contributed by atoms with Crippen LogP contribution in [0.25, 0.3) is 0 Å². The lowest BCUT2D eigenvalue weighted by atomic mass is 9.54. The monoisotopic (exact) mass is 400 g/mol. The van der Waals surface area contributed by atoms with Gasteiger partial charge in [-0.2, -0.15) is 13.2 Å². The molecule has 0 saturated heterocycles. The molecule has 28 heavy (non-hydrogen) atoms. The summed E-state index contributed by atoms with van der Waals surface area (Å²) >= 11 is 0. The Morgan fingerprint density at radius 1 is 1.39 bits per heavy atom. The Labute approximate surface area is 162 Å². The van der Waals surface area contributed by atoms with Gasteiger partial charge in [0.2, 0.25) is 5.88 Å². The van der Waals surface area contributed by atoms with Crippen LogP contribution < -0.4 is 15.4 Å². The molecule has 1 aromatic rings. The first-order valence-electron chi connectivity index (χ1n) is 9.51. The second-order valence-corrected chi connectivity index (χ2v) is 8.22. The molecule has 2 amide bonds.